The second kappa shape index (κ2) is 9.42. The van der Waals surface area contributed by atoms with Crippen LogP contribution in [0.25, 0.3) is 0 Å². The molecule has 0 aromatic heterocycles. The number of carboxylic acid groups (broad SMARTS) is 1. The third-order valence-electron chi connectivity index (χ3n) is 6.07. The number of amides is 2. The highest BCUT2D eigenvalue weighted by molar-refractivity contribution is 5.85. The van der Waals surface area contributed by atoms with Crippen LogP contribution in [0.5, 0.6) is 0 Å². The summed E-state index contributed by atoms with van der Waals surface area (Å²) in [6.07, 6.45) is 2.70. The van der Waals surface area contributed by atoms with Crippen LogP contribution in [-0.2, 0) is 11.2 Å². The smallest absolute Gasteiger partial charge is 0.404 e. The molecule has 2 saturated heterocycles. The van der Waals surface area contributed by atoms with E-state index in [9.17, 15) is 14.7 Å². The van der Waals surface area contributed by atoms with E-state index < -0.39 is 12.1 Å². The predicted molar refractivity (Wildman–Crippen MR) is 107 cm³/mol. The van der Waals surface area contributed by atoms with Crippen LogP contribution in [0.2, 0.25) is 0 Å². The number of benzene rings is 1. The molecule has 3 N–H and O–H groups in total. The van der Waals surface area contributed by atoms with E-state index in [1.165, 1.54) is 6.42 Å². The third kappa shape index (κ3) is 5.36. The molecule has 2 amide bonds. The molecule has 2 heterocycles. The van der Waals surface area contributed by atoms with Crippen LogP contribution >= 0.6 is 12.4 Å². The van der Waals surface area contributed by atoms with Crippen molar-refractivity contribution in [2.75, 3.05) is 26.2 Å². The molecule has 0 bridgehead atoms. The molecule has 2 aliphatic heterocycles. The van der Waals surface area contributed by atoms with Gasteiger partial charge in [-0.2, -0.15) is 0 Å². The molecule has 1 aromatic carbocycles. The molecule has 3 rings (SSSR count). The van der Waals surface area contributed by atoms with Crippen LogP contribution in [0.3, 0.4) is 0 Å². The summed E-state index contributed by atoms with van der Waals surface area (Å²) in [5.74, 6) is -0.331. The largest absolute Gasteiger partial charge is 0.465 e. The predicted octanol–water partition coefficient (Wildman–Crippen LogP) is 2.53. The molecular formula is C20H30ClN3O3. The molecule has 2 fully saturated rings. The van der Waals surface area contributed by atoms with Crippen LogP contribution < -0.4 is 10.6 Å². The first kappa shape index (κ1) is 21.5. The summed E-state index contributed by atoms with van der Waals surface area (Å²) in [5, 5.41) is 15.2. The van der Waals surface area contributed by atoms with E-state index in [0.29, 0.717) is 11.8 Å². The molecule has 1 spiro atoms. The number of carbonyl (C=O) groups is 2. The van der Waals surface area contributed by atoms with E-state index in [1.54, 1.807) is 0 Å². The summed E-state index contributed by atoms with van der Waals surface area (Å²) in [5.41, 5.74) is 1.39. The summed E-state index contributed by atoms with van der Waals surface area (Å²) < 4.78 is 0. The molecule has 1 aromatic rings. The van der Waals surface area contributed by atoms with Gasteiger partial charge in [0.05, 0.1) is 5.92 Å². The number of piperidine rings is 1. The van der Waals surface area contributed by atoms with Gasteiger partial charge in [-0.3, -0.25) is 4.79 Å². The average molecular weight is 396 g/mol. The maximum absolute atomic E-state index is 13.0. The standard InChI is InChI=1S/C20H29N3O3.ClH/c1-15(17(22-19(25)26)13-16-5-3-2-4-6-16)18(24)23-11-8-20(9-12-23)7-10-21-14-20;/h2-6,15,17,21-22H,7-14H2,1H3,(H,25,26);1H/t15-,17?;/m1./s1. The van der Waals surface area contributed by atoms with Crippen molar-refractivity contribution in [1.29, 1.82) is 0 Å². The first-order valence-corrected chi connectivity index (χ1v) is 9.52. The molecule has 0 radical (unpaired) electrons. The molecule has 150 valence electrons. The first-order chi connectivity index (χ1) is 12.5. The molecular weight excluding hydrogens is 366 g/mol. The van der Waals surface area contributed by atoms with Crippen molar-refractivity contribution in [1.82, 2.24) is 15.5 Å². The molecule has 2 atom stereocenters. The minimum atomic E-state index is -1.08. The van der Waals surface area contributed by atoms with E-state index in [0.717, 1.165) is 44.6 Å². The van der Waals surface area contributed by atoms with E-state index in [4.69, 9.17) is 0 Å². The Morgan fingerprint density at radius 3 is 2.44 bits per heavy atom. The lowest BCUT2D eigenvalue weighted by molar-refractivity contribution is -0.138. The first-order valence-electron chi connectivity index (χ1n) is 9.52. The number of likely N-dealkylation sites (tertiary alicyclic amines) is 1. The Balaban J connectivity index is 0.00000261. The number of rotatable bonds is 5. The lowest BCUT2D eigenvalue weighted by Gasteiger charge is -2.40. The molecule has 0 saturated carbocycles. The Labute approximate surface area is 167 Å². The van der Waals surface area contributed by atoms with E-state index in [2.05, 4.69) is 10.6 Å². The fraction of sp³-hybridized carbons (Fsp3) is 0.600. The fourth-order valence-corrected chi connectivity index (χ4v) is 4.26. The summed E-state index contributed by atoms with van der Waals surface area (Å²) in [6, 6.07) is 9.29. The number of halogens is 1. The molecule has 2 aliphatic rings. The highest BCUT2D eigenvalue weighted by Gasteiger charge is 2.39. The average Bonchev–Trinajstić information content (AvgIpc) is 3.09. The van der Waals surface area contributed by atoms with Gasteiger partial charge in [0.1, 0.15) is 0 Å². The molecule has 6 nitrogen and oxygen atoms in total. The monoisotopic (exact) mass is 395 g/mol. The van der Waals surface area contributed by atoms with Crippen LogP contribution in [0, 0.1) is 11.3 Å². The Morgan fingerprint density at radius 2 is 1.89 bits per heavy atom. The van der Waals surface area contributed by atoms with Crippen LogP contribution in [0.1, 0.15) is 31.7 Å². The van der Waals surface area contributed by atoms with Crippen molar-refractivity contribution >= 4 is 24.4 Å². The maximum atomic E-state index is 13.0. The van der Waals surface area contributed by atoms with Gasteiger partial charge in [-0.05, 0) is 43.2 Å². The Kier molecular flexibility index (Phi) is 7.50. The van der Waals surface area contributed by atoms with Gasteiger partial charge in [-0.15, -0.1) is 12.4 Å². The van der Waals surface area contributed by atoms with E-state index >= 15 is 0 Å². The van der Waals surface area contributed by atoms with Crippen molar-refractivity contribution in [2.24, 2.45) is 11.3 Å². The second-order valence-electron chi connectivity index (χ2n) is 7.79. The molecule has 27 heavy (non-hydrogen) atoms. The number of hydrogen-bond acceptors (Lipinski definition) is 3. The van der Waals surface area contributed by atoms with E-state index in [1.807, 2.05) is 42.2 Å². The van der Waals surface area contributed by atoms with Crippen molar-refractivity contribution in [3.8, 4) is 0 Å². The molecule has 0 aliphatic carbocycles. The van der Waals surface area contributed by atoms with Gasteiger partial charge in [0.2, 0.25) is 5.91 Å². The minimum Gasteiger partial charge on any atom is -0.465 e. The Bertz CT molecular complexity index is 625. The number of nitrogens with one attached hydrogen (secondary N) is 2. The normalized spacial score (nSPS) is 20.6. The zero-order chi connectivity index (χ0) is 18.6. The van der Waals surface area contributed by atoms with Gasteiger partial charge >= 0.3 is 6.09 Å². The number of carbonyl (C=O) groups excluding carboxylic acids is 1. The highest BCUT2D eigenvalue weighted by Crippen LogP contribution is 2.37. The number of hydrogen-bond donors (Lipinski definition) is 3. The van der Waals surface area contributed by atoms with Gasteiger partial charge < -0.3 is 20.6 Å². The SMILES string of the molecule is C[C@@H](C(=O)N1CCC2(CCNC2)CC1)C(Cc1ccccc1)NC(=O)O.Cl. The molecule has 7 heteroatoms. The maximum Gasteiger partial charge on any atom is 0.404 e. The zero-order valence-corrected chi connectivity index (χ0v) is 16.6. The van der Waals surface area contributed by atoms with Crippen molar-refractivity contribution in [2.45, 2.75) is 38.6 Å². The molecule has 1 unspecified atom stereocenters. The van der Waals surface area contributed by atoms with Gasteiger partial charge in [-0.1, -0.05) is 37.3 Å². The van der Waals surface area contributed by atoms with Gasteiger partial charge in [0.15, 0.2) is 0 Å². The second-order valence-corrected chi connectivity index (χ2v) is 7.79. The summed E-state index contributed by atoms with van der Waals surface area (Å²) >= 11 is 0. The van der Waals surface area contributed by atoms with Crippen molar-refractivity contribution in [3.05, 3.63) is 35.9 Å². The topological polar surface area (TPSA) is 81.7 Å². The van der Waals surface area contributed by atoms with Crippen LogP contribution in [0.15, 0.2) is 30.3 Å². The Hall–Kier alpha value is -1.79. The minimum absolute atomic E-state index is 0. The van der Waals surface area contributed by atoms with Crippen molar-refractivity contribution in [3.63, 3.8) is 0 Å². The van der Waals surface area contributed by atoms with Crippen LogP contribution in [0.4, 0.5) is 4.79 Å². The highest BCUT2D eigenvalue weighted by atomic mass is 35.5. The summed E-state index contributed by atoms with van der Waals surface area (Å²) in [6.45, 7) is 5.52. The van der Waals surface area contributed by atoms with Gasteiger partial charge in [0.25, 0.3) is 0 Å². The fourth-order valence-electron chi connectivity index (χ4n) is 4.26. The lowest BCUT2D eigenvalue weighted by atomic mass is 9.77. The third-order valence-corrected chi connectivity index (χ3v) is 6.07. The van der Waals surface area contributed by atoms with E-state index in [-0.39, 0.29) is 24.2 Å². The van der Waals surface area contributed by atoms with Gasteiger partial charge in [0, 0.05) is 25.7 Å². The number of nitrogens with zero attached hydrogens (tertiary/aromatic N) is 1. The zero-order valence-electron chi connectivity index (χ0n) is 15.8. The quantitative estimate of drug-likeness (QED) is 0.715. The Morgan fingerprint density at radius 1 is 1.22 bits per heavy atom. The van der Waals surface area contributed by atoms with Crippen LogP contribution in [-0.4, -0.2) is 54.2 Å². The summed E-state index contributed by atoms with van der Waals surface area (Å²) in [4.78, 5) is 26.1. The van der Waals surface area contributed by atoms with Crippen molar-refractivity contribution < 1.29 is 14.7 Å². The van der Waals surface area contributed by atoms with Gasteiger partial charge in [-0.25, -0.2) is 4.79 Å². The summed E-state index contributed by atoms with van der Waals surface area (Å²) in [7, 11) is 0. The lowest BCUT2D eigenvalue weighted by Crippen LogP contribution is -2.51.